The van der Waals surface area contributed by atoms with E-state index in [4.69, 9.17) is 32.8 Å². The fourth-order valence-electron chi connectivity index (χ4n) is 9.27. The van der Waals surface area contributed by atoms with E-state index in [1.165, 1.54) is 11.8 Å². The van der Waals surface area contributed by atoms with E-state index in [1.54, 1.807) is 6.26 Å². The summed E-state index contributed by atoms with van der Waals surface area (Å²) in [5.74, 6) is 0.0298. The van der Waals surface area contributed by atoms with Gasteiger partial charge < -0.3 is 37.7 Å². The van der Waals surface area contributed by atoms with Crippen molar-refractivity contribution in [3.63, 3.8) is 0 Å². The highest BCUT2D eigenvalue weighted by Crippen LogP contribution is 2.83. The molecule has 2 saturated carbocycles. The lowest BCUT2D eigenvalue weighted by Crippen LogP contribution is -3.14. The Morgan fingerprint density at radius 2 is 1.95 bits per heavy atom. The topological polar surface area (TPSA) is 117 Å². The van der Waals surface area contributed by atoms with Crippen LogP contribution in [0.25, 0.3) is 0 Å². The Labute approximate surface area is 227 Å². The molecule has 2 spiro atoms. The summed E-state index contributed by atoms with van der Waals surface area (Å²) in [6, 6.07) is 0. The highest BCUT2D eigenvalue weighted by atomic mass is 16.8. The van der Waals surface area contributed by atoms with E-state index in [9.17, 15) is 9.59 Å². The molecule has 4 saturated heterocycles. The van der Waals surface area contributed by atoms with E-state index in [1.807, 2.05) is 0 Å². The Bertz CT molecular complexity index is 1240. The summed E-state index contributed by atoms with van der Waals surface area (Å²) in [6.07, 6.45) is 3.64. The maximum atomic E-state index is 12.7. The first-order chi connectivity index (χ1) is 18.7. The number of epoxide rings is 3. The first-order valence-electron chi connectivity index (χ1n) is 14.6. The first-order valence-corrected chi connectivity index (χ1v) is 14.6. The number of carbonyl (C=O) groups is 2. The Morgan fingerprint density at radius 3 is 2.69 bits per heavy atom. The van der Waals surface area contributed by atoms with Crippen LogP contribution in [0.1, 0.15) is 64.0 Å². The van der Waals surface area contributed by atoms with Gasteiger partial charge in [-0.2, -0.15) is 0 Å². The van der Waals surface area contributed by atoms with Crippen LogP contribution < -0.4 is 9.64 Å². The molecule has 10 heteroatoms. The molecule has 8 rings (SSSR count). The molecule has 10 nitrogen and oxygen atoms in total. The average Bonchev–Trinajstić information content (AvgIpc) is 3.82. The number of hydrogen-bond acceptors (Lipinski definition) is 9. The molecular formula is C29H38NO9+. The Kier molecular flexibility index (Phi) is 4.99. The lowest BCUT2D eigenvalue weighted by molar-refractivity contribution is -0.907. The second-order valence-corrected chi connectivity index (χ2v) is 13.2. The van der Waals surface area contributed by atoms with Gasteiger partial charge in [-0.25, -0.2) is 0 Å². The van der Waals surface area contributed by atoms with Gasteiger partial charge in [0.25, 0.3) is 5.95 Å². The number of ether oxygens (including phenoxy) is 6. The minimum atomic E-state index is -0.690. The molecule has 1 aromatic heterocycles. The number of fused-ring (bicyclic) bond motifs is 5. The monoisotopic (exact) mass is 544 g/mol. The standard InChI is InChI=1S/C29H37NO9/c1-15(2)27-22(38-27)23-29(39-23)26(4)7-5-17-18(19(26)13-20-28(29,37-20)25(27)35-16(3)31)14-34-24(17)36-21(32)6-8-30-9-11-33-12-10-30/h14-15,19-20,22-23,25H,5-13H2,1-4H3/p+1/t19-,20-,22-,23-,25+,26-,27-,28+,29+/m0/s1. The van der Waals surface area contributed by atoms with Crippen LogP contribution in [0.3, 0.4) is 0 Å². The number of furan rings is 1. The van der Waals surface area contributed by atoms with Gasteiger partial charge in [0.15, 0.2) is 11.7 Å². The van der Waals surface area contributed by atoms with Crippen molar-refractivity contribution in [1.29, 1.82) is 0 Å². The van der Waals surface area contributed by atoms with Crippen LogP contribution in [-0.2, 0) is 39.7 Å². The van der Waals surface area contributed by atoms with Crippen molar-refractivity contribution in [2.75, 3.05) is 32.8 Å². The summed E-state index contributed by atoms with van der Waals surface area (Å²) in [5.41, 5.74) is -0.0359. The maximum Gasteiger partial charge on any atom is 0.319 e. The highest BCUT2D eigenvalue weighted by Gasteiger charge is 3.01. The van der Waals surface area contributed by atoms with Gasteiger partial charge in [0.2, 0.25) is 0 Å². The fraction of sp³-hybridized carbons (Fsp3) is 0.793. The van der Waals surface area contributed by atoms with Crippen LogP contribution in [-0.4, -0.2) is 86.0 Å². The van der Waals surface area contributed by atoms with Crippen molar-refractivity contribution in [2.24, 2.45) is 11.3 Å². The van der Waals surface area contributed by atoms with Gasteiger partial charge in [-0.15, -0.1) is 0 Å². The molecule has 0 radical (unpaired) electrons. The minimum Gasteiger partial charge on any atom is -0.456 e. The minimum absolute atomic E-state index is 0.0852. The van der Waals surface area contributed by atoms with E-state index < -0.39 is 22.9 Å². The van der Waals surface area contributed by atoms with Gasteiger partial charge >= 0.3 is 11.9 Å². The van der Waals surface area contributed by atoms with E-state index in [0.717, 1.165) is 56.8 Å². The van der Waals surface area contributed by atoms with Crippen molar-refractivity contribution >= 4 is 11.9 Å². The smallest absolute Gasteiger partial charge is 0.319 e. The molecule has 212 valence electrons. The Balaban J connectivity index is 1.06. The SMILES string of the molecule is CC(=O)O[C@@H]1[C@@]2(C(C)C)O[C@H]2[C@@H]2O[C@]23[C@]12O[C@H]2C[C@H]1c2coc(OC(=O)CC[NH+]4CCOCC4)c2CC[C@@]13C. The van der Waals surface area contributed by atoms with Crippen LogP contribution >= 0.6 is 0 Å². The maximum absolute atomic E-state index is 12.7. The van der Waals surface area contributed by atoms with Crippen LogP contribution in [0, 0.1) is 11.3 Å². The second kappa shape index (κ2) is 7.85. The zero-order chi connectivity index (χ0) is 26.9. The average molecular weight is 545 g/mol. The third-order valence-corrected chi connectivity index (χ3v) is 11.3. The lowest BCUT2D eigenvalue weighted by atomic mass is 9.47. The van der Waals surface area contributed by atoms with Gasteiger partial charge in [-0.05, 0) is 31.1 Å². The summed E-state index contributed by atoms with van der Waals surface area (Å²) in [7, 11) is 0. The number of rotatable bonds is 6. The number of morpholine rings is 1. The second-order valence-electron chi connectivity index (χ2n) is 13.2. The summed E-state index contributed by atoms with van der Waals surface area (Å²) < 4.78 is 42.9. The normalized spacial score (nSPS) is 46.5. The van der Waals surface area contributed by atoms with E-state index in [-0.39, 0.29) is 47.5 Å². The van der Waals surface area contributed by atoms with Gasteiger partial charge in [-0.1, -0.05) is 20.8 Å². The predicted molar refractivity (Wildman–Crippen MR) is 132 cm³/mol. The highest BCUT2D eigenvalue weighted by molar-refractivity contribution is 5.72. The van der Waals surface area contributed by atoms with E-state index in [2.05, 4.69) is 20.8 Å². The molecule has 39 heavy (non-hydrogen) atoms. The van der Waals surface area contributed by atoms with Crippen molar-refractivity contribution in [1.82, 2.24) is 0 Å². The lowest BCUT2D eigenvalue weighted by Gasteiger charge is -2.53. The zero-order valence-corrected chi connectivity index (χ0v) is 23.1. The van der Waals surface area contributed by atoms with Gasteiger partial charge in [0.05, 0.1) is 38.5 Å². The van der Waals surface area contributed by atoms with Crippen molar-refractivity contribution < 1.29 is 47.3 Å². The molecule has 5 heterocycles. The van der Waals surface area contributed by atoms with Crippen LogP contribution in [0.4, 0.5) is 0 Å². The quantitative estimate of drug-likeness (QED) is 0.413. The molecule has 0 amide bonds. The van der Waals surface area contributed by atoms with Crippen molar-refractivity contribution in [3.05, 3.63) is 17.4 Å². The van der Waals surface area contributed by atoms with Crippen LogP contribution in [0.2, 0.25) is 0 Å². The molecule has 1 N–H and O–H groups in total. The first kappa shape index (κ1) is 24.8. The fourth-order valence-corrected chi connectivity index (χ4v) is 9.27. The van der Waals surface area contributed by atoms with Crippen molar-refractivity contribution in [2.45, 2.75) is 101 Å². The number of hydrogen-bond donors (Lipinski definition) is 1. The number of carbonyl (C=O) groups excluding carboxylic acids is 2. The van der Waals surface area contributed by atoms with Gasteiger partial charge in [0.1, 0.15) is 36.5 Å². The van der Waals surface area contributed by atoms with Crippen LogP contribution in [0.15, 0.2) is 10.7 Å². The predicted octanol–water partition coefficient (Wildman–Crippen LogP) is 0.944. The Morgan fingerprint density at radius 1 is 1.15 bits per heavy atom. The summed E-state index contributed by atoms with van der Waals surface area (Å²) >= 11 is 0. The molecule has 0 unspecified atom stereocenters. The molecule has 6 fully saturated rings. The van der Waals surface area contributed by atoms with E-state index >= 15 is 0 Å². The van der Waals surface area contributed by atoms with Gasteiger partial charge in [0, 0.05) is 23.5 Å². The third kappa shape index (κ3) is 2.94. The molecule has 4 aliphatic heterocycles. The molecule has 1 aromatic rings. The molecule has 7 aliphatic rings. The number of nitrogens with one attached hydrogen (secondary N) is 1. The van der Waals surface area contributed by atoms with E-state index in [0.29, 0.717) is 18.8 Å². The number of esters is 2. The third-order valence-electron chi connectivity index (χ3n) is 11.3. The molecule has 3 aliphatic carbocycles. The van der Waals surface area contributed by atoms with Crippen LogP contribution in [0.5, 0.6) is 5.95 Å². The summed E-state index contributed by atoms with van der Waals surface area (Å²) in [5, 5.41) is 0. The zero-order valence-electron chi connectivity index (χ0n) is 23.1. The van der Waals surface area contributed by atoms with Gasteiger partial charge in [-0.3, -0.25) is 9.59 Å². The molecular weight excluding hydrogens is 506 g/mol. The largest absolute Gasteiger partial charge is 0.456 e. The summed E-state index contributed by atoms with van der Waals surface area (Å²) in [4.78, 5) is 26.4. The molecule has 0 aromatic carbocycles. The molecule has 9 atom stereocenters. The summed E-state index contributed by atoms with van der Waals surface area (Å²) in [6.45, 7) is 12.0. The van der Waals surface area contributed by atoms with Crippen molar-refractivity contribution in [3.8, 4) is 5.95 Å². The molecule has 0 bridgehead atoms. The number of quaternary nitrogens is 1. The Hall–Kier alpha value is -1.98.